The average Bonchev–Trinajstić information content (AvgIpc) is 3.07. The van der Waals surface area contributed by atoms with E-state index in [1.54, 1.807) is 4.90 Å². The van der Waals surface area contributed by atoms with E-state index < -0.39 is 5.25 Å². The highest BCUT2D eigenvalue weighted by Gasteiger charge is 2.38. The highest BCUT2D eigenvalue weighted by molar-refractivity contribution is 8.15. The summed E-state index contributed by atoms with van der Waals surface area (Å²) in [4.78, 5) is 32.3. The average molecular weight is 432 g/mol. The number of nitrogens with one attached hydrogen (secondary N) is 1. The summed E-state index contributed by atoms with van der Waals surface area (Å²) in [5.74, 6) is -0.209. The summed E-state index contributed by atoms with van der Waals surface area (Å²) in [6.45, 7) is 2.71. The van der Waals surface area contributed by atoms with Gasteiger partial charge in [-0.3, -0.25) is 14.5 Å². The SMILES string of the molecule is CCCCN1C(=O)C(CC(=O)Nc2cccc3ccccc23)SC1=Nc1ccccc1. The lowest BCUT2D eigenvalue weighted by Crippen LogP contribution is -2.34. The number of carbonyl (C=O) groups excluding carboxylic acids is 2. The first-order chi connectivity index (χ1) is 15.2. The van der Waals surface area contributed by atoms with E-state index in [1.165, 1.54) is 11.8 Å². The Morgan fingerprint density at radius 3 is 2.58 bits per heavy atom. The molecule has 0 bridgehead atoms. The molecule has 1 aliphatic heterocycles. The fraction of sp³-hybridized carbons (Fsp3) is 0.240. The molecule has 5 nitrogen and oxygen atoms in total. The second kappa shape index (κ2) is 9.79. The first-order valence-electron chi connectivity index (χ1n) is 10.5. The number of amidine groups is 1. The van der Waals surface area contributed by atoms with Crippen molar-refractivity contribution in [2.24, 2.45) is 4.99 Å². The van der Waals surface area contributed by atoms with Gasteiger partial charge in [-0.1, -0.05) is 79.7 Å². The van der Waals surface area contributed by atoms with Crippen LogP contribution in [0.5, 0.6) is 0 Å². The Balaban J connectivity index is 1.50. The van der Waals surface area contributed by atoms with Gasteiger partial charge in [-0.15, -0.1) is 0 Å². The molecule has 0 saturated carbocycles. The highest BCUT2D eigenvalue weighted by Crippen LogP contribution is 2.32. The highest BCUT2D eigenvalue weighted by atomic mass is 32.2. The van der Waals surface area contributed by atoms with Gasteiger partial charge in [0.2, 0.25) is 11.8 Å². The minimum atomic E-state index is -0.464. The number of hydrogen-bond donors (Lipinski definition) is 1. The van der Waals surface area contributed by atoms with E-state index >= 15 is 0 Å². The summed E-state index contributed by atoms with van der Waals surface area (Å²) in [6, 6.07) is 23.4. The maximum Gasteiger partial charge on any atom is 0.242 e. The van der Waals surface area contributed by atoms with Crippen molar-refractivity contribution in [3.8, 4) is 0 Å². The number of benzene rings is 3. The predicted molar refractivity (Wildman–Crippen MR) is 129 cm³/mol. The predicted octanol–water partition coefficient (Wildman–Crippen LogP) is 5.60. The van der Waals surface area contributed by atoms with Crippen molar-refractivity contribution in [2.45, 2.75) is 31.4 Å². The van der Waals surface area contributed by atoms with E-state index in [2.05, 4.69) is 17.2 Å². The van der Waals surface area contributed by atoms with E-state index in [4.69, 9.17) is 0 Å². The van der Waals surface area contributed by atoms with Crippen LogP contribution in [0.25, 0.3) is 10.8 Å². The summed E-state index contributed by atoms with van der Waals surface area (Å²) in [5, 5.41) is 5.25. The Morgan fingerprint density at radius 2 is 1.77 bits per heavy atom. The maximum absolute atomic E-state index is 13.1. The smallest absolute Gasteiger partial charge is 0.242 e. The fourth-order valence-corrected chi connectivity index (χ4v) is 4.75. The Kier molecular flexibility index (Phi) is 6.67. The zero-order chi connectivity index (χ0) is 21.6. The third-order valence-electron chi connectivity index (χ3n) is 5.17. The standard InChI is InChI=1S/C25H25N3O2S/c1-2-3-16-28-24(30)22(31-25(28)26-19-12-5-4-6-13-19)17-23(29)27-21-15-9-11-18-10-7-8-14-20(18)21/h4-15,22H,2-3,16-17H2,1H3,(H,27,29). The summed E-state index contributed by atoms with van der Waals surface area (Å²) in [5.41, 5.74) is 1.57. The van der Waals surface area contributed by atoms with Crippen LogP contribution in [0.1, 0.15) is 26.2 Å². The summed E-state index contributed by atoms with van der Waals surface area (Å²) < 4.78 is 0. The number of amides is 2. The molecule has 1 atom stereocenters. The molecule has 1 heterocycles. The lowest BCUT2D eigenvalue weighted by atomic mass is 10.1. The lowest BCUT2D eigenvalue weighted by molar-refractivity contribution is -0.128. The first-order valence-corrected chi connectivity index (χ1v) is 11.4. The summed E-state index contributed by atoms with van der Waals surface area (Å²) in [6.07, 6.45) is 2.00. The van der Waals surface area contributed by atoms with Crippen molar-refractivity contribution < 1.29 is 9.59 Å². The number of unbranched alkanes of at least 4 members (excludes halogenated alkanes) is 1. The maximum atomic E-state index is 13.1. The largest absolute Gasteiger partial charge is 0.325 e. The number of aliphatic imine (C=N–C) groups is 1. The minimum Gasteiger partial charge on any atom is -0.325 e. The molecule has 3 aromatic rings. The Bertz CT molecular complexity index is 1110. The van der Waals surface area contributed by atoms with Crippen LogP contribution in [0.4, 0.5) is 11.4 Å². The van der Waals surface area contributed by atoms with Crippen molar-refractivity contribution >= 4 is 50.9 Å². The second-order valence-electron chi connectivity index (χ2n) is 7.46. The monoisotopic (exact) mass is 431 g/mol. The van der Waals surface area contributed by atoms with Gasteiger partial charge in [0, 0.05) is 24.0 Å². The molecule has 2 amide bonds. The number of hydrogen-bond acceptors (Lipinski definition) is 4. The zero-order valence-corrected chi connectivity index (χ0v) is 18.3. The van der Waals surface area contributed by atoms with Crippen LogP contribution in [0.15, 0.2) is 77.8 Å². The number of carbonyl (C=O) groups is 2. The molecule has 1 fully saturated rings. The first kappa shape index (κ1) is 21.1. The molecule has 0 aliphatic carbocycles. The van der Waals surface area contributed by atoms with Gasteiger partial charge in [0.05, 0.1) is 5.69 Å². The van der Waals surface area contributed by atoms with Crippen LogP contribution in [0, 0.1) is 0 Å². The number of nitrogens with zero attached hydrogens (tertiary/aromatic N) is 2. The Labute approximate surface area is 186 Å². The number of fused-ring (bicyclic) bond motifs is 1. The minimum absolute atomic E-state index is 0.0406. The van der Waals surface area contributed by atoms with E-state index in [-0.39, 0.29) is 18.2 Å². The van der Waals surface area contributed by atoms with Gasteiger partial charge in [0.1, 0.15) is 5.25 Å². The van der Waals surface area contributed by atoms with Gasteiger partial charge in [0.15, 0.2) is 5.17 Å². The zero-order valence-electron chi connectivity index (χ0n) is 17.5. The van der Waals surface area contributed by atoms with Crippen LogP contribution in [-0.2, 0) is 9.59 Å². The number of anilines is 1. The molecule has 0 spiro atoms. The third-order valence-corrected chi connectivity index (χ3v) is 6.35. The molecule has 31 heavy (non-hydrogen) atoms. The molecule has 6 heteroatoms. The van der Waals surface area contributed by atoms with Gasteiger partial charge in [-0.25, -0.2) is 4.99 Å². The van der Waals surface area contributed by atoms with Crippen LogP contribution in [-0.4, -0.2) is 33.7 Å². The Morgan fingerprint density at radius 1 is 1.03 bits per heavy atom. The van der Waals surface area contributed by atoms with Crippen LogP contribution < -0.4 is 5.32 Å². The molecule has 158 valence electrons. The molecule has 0 radical (unpaired) electrons. The van der Waals surface area contributed by atoms with E-state index in [0.717, 1.165) is 35.0 Å². The van der Waals surface area contributed by atoms with Gasteiger partial charge < -0.3 is 5.32 Å². The van der Waals surface area contributed by atoms with E-state index in [1.807, 2.05) is 72.8 Å². The van der Waals surface area contributed by atoms with Crippen LogP contribution in [0.3, 0.4) is 0 Å². The van der Waals surface area contributed by atoms with Crippen molar-refractivity contribution in [2.75, 3.05) is 11.9 Å². The van der Waals surface area contributed by atoms with E-state index in [9.17, 15) is 9.59 Å². The van der Waals surface area contributed by atoms with E-state index in [0.29, 0.717) is 11.7 Å². The van der Waals surface area contributed by atoms with Gasteiger partial charge in [-0.05, 0) is 30.0 Å². The van der Waals surface area contributed by atoms with Gasteiger partial charge >= 0.3 is 0 Å². The number of para-hydroxylation sites is 1. The molecule has 0 aromatic heterocycles. The molecule has 3 aromatic carbocycles. The quantitative estimate of drug-likeness (QED) is 0.530. The van der Waals surface area contributed by atoms with Gasteiger partial charge in [0.25, 0.3) is 0 Å². The molecule has 1 unspecified atom stereocenters. The normalized spacial score (nSPS) is 17.5. The third kappa shape index (κ3) is 4.97. The molecule has 1 saturated heterocycles. The molecule has 1 N–H and O–H groups in total. The summed E-state index contributed by atoms with van der Waals surface area (Å²) in [7, 11) is 0. The Hall–Kier alpha value is -3.12. The number of rotatable bonds is 7. The second-order valence-corrected chi connectivity index (χ2v) is 8.63. The molecular formula is C25H25N3O2S. The summed E-state index contributed by atoms with van der Waals surface area (Å²) >= 11 is 1.38. The van der Waals surface area contributed by atoms with Crippen molar-refractivity contribution in [1.29, 1.82) is 0 Å². The van der Waals surface area contributed by atoms with Crippen molar-refractivity contribution in [3.05, 3.63) is 72.8 Å². The lowest BCUT2D eigenvalue weighted by Gasteiger charge is -2.16. The topological polar surface area (TPSA) is 61.8 Å². The molecule has 4 rings (SSSR count). The van der Waals surface area contributed by atoms with Crippen molar-refractivity contribution in [3.63, 3.8) is 0 Å². The fourth-order valence-electron chi connectivity index (χ4n) is 3.56. The van der Waals surface area contributed by atoms with Crippen LogP contribution >= 0.6 is 11.8 Å². The van der Waals surface area contributed by atoms with Gasteiger partial charge in [-0.2, -0.15) is 0 Å². The van der Waals surface area contributed by atoms with Crippen LogP contribution in [0.2, 0.25) is 0 Å². The number of thioether (sulfide) groups is 1. The molecule has 1 aliphatic rings. The van der Waals surface area contributed by atoms with Crippen molar-refractivity contribution in [1.82, 2.24) is 4.90 Å². The molecular weight excluding hydrogens is 406 g/mol.